The van der Waals surface area contributed by atoms with Crippen LogP contribution in [0.4, 0.5) is 0 Å². The van der Waals surface area contributed by atoms with Gasteiger partial charge < -0.3 is 9.72 Å². The molecule has 6 heteroatoms. The number of aryl methyl sites for hydroxylation is 1. The second-order valence-electron chi connectivity index (χ2n) is 7.35. The van der Waals surface area contributed by atoms with E-state index in [1.165, 1.54) is 33.3 Å². The molecule has 1 aliphatic heterocycles. The van der Waals surface area contributed by atoms with E-state index in [9.17, 15) is 4.79 Å². The van der Waals surface area contributed by atoms with Gasteiger partial charge in [0.05, 0.1) is 0 Å². The first kappa shape index (κ1) is 19.2. The number of H-pyrrole nitrogens is 1. The van der Waals surface area contributed by atoms with E-state index >= 15 is 0 Å². The van der Waals surface area contributed by atoms with E-state index in [1.807, 2.05) is 24.3 Å². The Morgan fingerprint density at radius 2 is 2.00 bits per heavy atom. The molecule has 0 unspecified atom stereocenters. The maximum absolute atomic E-state index is 11.0. The zero-order chi connectivity index (χ0) is 20.2. The minimum Gasteiger partial charge on any atom is -0.484 e. The molecule has 0 saturated heterocycles. The fraction of sp³-hybridized carbons (Fsp3) is 0.261. The number of amides is 1. The van der Waals surface area contributed by atoms with Gasteiger partial charge in [0.15, 0.2) is 6.61 Å². The van der Waals surface area contributed by atoms with Crippen molar-refractivity contribution in [1.82, 2.24) is 15.4 Å². The molecule has 6 nitrogen and oxygen atoms in total. The lowest BCUT2D eigenvalue weighted by molar-refractivity contribution is -0.131. The smallest absolute Gasteiger partial charge is 0.281 e. The Kier molecular flexibility index (Phi) is 5.64. The average Bonchev–Trinajstić information content (AvgIpc) is 3.09. The Hall–Kier alpha value is -3.09. The summed E-state index contributed by atoms with van der Waals surface area (Å²) >= 11 is 0. The molecular formula is C23H25N3O3. The molecule has 0 fully saturated rings. The second kappa shape index (κ2) is 8.51. The van der Waals surface area contributed by atoms with Crippen molar-refractivity contribution in [2.75, 3.05) is 19.7 Å². The first-order valence-electron chi connectivity index (χ1n) is 9.78. The van der Waals surface area contributed by atoms with Crippen molar-refractivity contribution in [2.45, 2.75) is 19.9 Å². The Morgan fingerprint density at radius 1 is 1.21 bits per heavy atom. The predicted octanol–water partition coefficient (Wildman–Crippen LogP) is 3.65. The van der Waals surface area contributed by atoms with Crippen LogP contribution in [0, 0.1) is 6.92 Å². The van der Waals surface area contributed by atoms with Crippen molar-refractivity contribution < 1.29 is 14.7 Å². The molecule has 1 amide bonds. The van der Waals surface area contributed by atoms with Gasteiger partial charge in [-0.15, -0.1) is 0 Å². The third-order valence-corrected chi connectivity index (χ3v) is 5.33. The molecule has 2 aromatic carbocycles. The maximum Gasteiger partial charge on any atom is 0.281 e. The number of aromatic nitrogens is 1. The van der Waals surface area contributed by atoms with Crippen molar-refractivity contribution in [1.29, 1.82) is 0 Å². The summed E-state index contributed by atoms with van der Waals surface area (Å²) in [7, 11) is 0. The van der Waals surface area contributed by atoms with Crippen LogP contribution in [0.1, 0.15) is 23.2 Å². The highest BCUT2D eigenvalue weighted by atomic mass is 16.5. The third kappa shape index (κ3) is 4.34. The Labute approximate surface area is 169 Å². The van der Waals surface area contributed by atoms with Gasteiger partial charge in [-0.05, 0) is 42.7 Å². The summed E-state index contributed by atoms with van der Waals surface area (Å²) in [6.07, 6.45) is 3.37. The molecule has 0 radical (unpaired) electrons. The maximum atomic E-state index is 11.0. The van der Waals surface area contributed by atoms with Crippen molar-refractivity contribution in [3.8, 4) is 5.75 Å². The number of nitrogens with one attached hydrogen (secondary N) is 2. The van der Waals surface area contributed by atoms with Gasteiger partial charge >= 0.3 is 0 Å². The molecule has 29 heavy (non-hydrogen) atoms. The molecule has 0 aliphatic carbocycles. The van der Waals surface area contributed by atoms with Gasteiger partial charge in [-0.3, -0.25) is 14.9 Å². The van der Waals surface area contributed by atoms with Crippen LogP contribution in [-0.4, -0.2) is 40.7 Å². The Balaban J connectivity index is 1.38. The molecule has 3 aromatic rings. The number of aromatic amines is 1. The number of para-hydroxylation sites is 1. The molecule has 3 N–H and O–H groups in total. The lowest BCUT2D eigenvalue weighted by Crippen LogP contribution is -2.28. The number of hydrogen-bond donors (Lipinski definition) is 3. The summed E-state index contributed by atoms with van der Waals surface area (Å²) in [5, 5.41) is 9.80. The fourth-order valence-corrected chi connectivity index (χ4v) is 3.90. The summed E-state index contributed by atoms with van der Waals surface area (Å²) in [5.74, 6) is 0.0309. The topological polar surface area (TPSA) is 77.6 Å². The van der Waals surface area contributed by atoms with Gasteiger partial charge in [-0.1, -0.05) is 36.4 Å². The highest BCUT2D eigenvalue weighted by molar-refractivity contribution is 5.94. The van der Waals surface area contributed by atoms with E-state index in [-0.39, 0.29) is 6.61 Å². The molecule has 0 atom stereocenters. The molecule has 0 saturated carbocycles. The van der Waals surface area contributed by atoms with E-state index in [0.29, 0.717) is 5.75 Å². The molecule has 150 valence electrons. The van der Waals surface area contributed by atoms with Crippen LogP contribution in [0.15, 0.2) is 54.6 Å². The van der Waals surface area contributed by atoms with E-state index < -0.39 is 5.91 Å². The van der Waals surface area contributed by atoms with Crippen molar-refractivity contribution >= 4 is 22.4 Å². The molecule has 1 aliphatic rings. The lowest BCUT2D eigenvalue weighted by atomic mass is 9.96. The number of nitrogens with zero attached hydrogens (tertiary/aromatic N) is 1. The SMILES string of the molecule is Cc1[nH]c2ccccc2c1C1=CCN(Cc2ccc(OCC(=O)NO)cc2)CC1. The predicted molar refractivity (Wildman–Crippen MR) is 113 cm³/mol. The standard InChI is InChI=1S/C23H25N3O3/c1-16-23(20-4-2-3-5-21(20)24-16)18-10-12-26(13-11-18)14-17-6-8-19(9-7-17)29-15-22(27)25-28/h2-10,24,28H,11-15H2,1H3,(H,25,27). The Bertz CT molecular complexity index is 1040. The van der Waals surface area contributed by atoms with Crippen LogP contribution >= 0.6 is 0 Å². The number of rotatable bonds is 6. The number of carbonyl (C=O) groups is 1. The van der Waals surface area contributed by atoms with Crippen LogP contribution in [0.3, 0.4) is 0 Å². The van der Waals surface area contributed by atoms with Crippen LogP contribution in [-0.2, 0) is 11.3 Å². The first-order chi connectivity index (χ1) is 14.1. The fourth-order valence-electron chi connectivity index (χ4n) is 3.90. The number of hydrogen-bond acceptors (Lipinski definition) is 4. The Morgan fingerprint density at radius 3 is 2.72 bits per heavy atom. The van der Waals surface area contributed by atoms with Gasteiger partial charge in [0, 0.05) is 41.8 Å². The highest BCUT2D eigenvalue weighted by Crippen LogP contribution is 2.32. The molecular weight excluding hydrogens is 366 g/mol. The zero-order valence-corrected chi connectivity index (χ0v) is 16.4. The largest absolute Gasteiger partial charge is 0.484 e. The monoisotopic (exact) mass is 391 g/mol. The summed E-state index contributed by atoms with van der Waals surface area (Å²) in [4.78, 5) is 16.9. The van der Waals surface area contributed by atoms with Crippen LogP contribution < -0.4 is 10.2 Å². The summed E-state index contributed by atoms with van der Waals surface area (Å²) in [6.45, 7) is 4.75. The average molecular weight is 391 g/mol. The van der Waals surface area contributed by atoms with Gasteiger partial charge in [-0.25, -0.2) is 5.48 Å². The van der Waals surface area contributed by atoms with Crippen LogP contribution in [0.5, 0.6) is 5.75 Å². The van der Waals surface area contributed by atoms with Crippen LogP contribution in [0.25, 0.3) is 16.5 Å². The zero-order valence-electron chi connectivity index (χ0n) is 16.4. The molecule has 4 rings (SSSR count). The van der Waals surface area contributed by atoms with E-state index in [4.69, 9.17) is 9.94 Å². The third-order valence-electron chi connectivity index (χ3n) is 5.33. The van der Waals surface area contributed by atoms with Gasteiger partial charge in [0.2, 0.25) is 0 Å². The molecule has 1 aromatic heterocycles. The van der Waals surface area contributed by atoms with Crippen LogP contribution in [0.2, 0.25) is 0 Å². The van der Waals surface area contributed by atoms with Gasteiger partial charge in [0.1, 0.15) is 5.75 Å². The normalized spacial score (nSPS) is 14.6. The number of fused-ring (bicyclic) bond motifs is 1. The highest BCUT2D eigenvalue weighted by Gasteiger charge is 2.17. The number of ether oxygens (including phenoxy) is 1. The number of carbonyl (C=O) groups excluding carboxylic acids is 1. The quantitative estimate of drug-likeness (QED) is 0.443. The van der Waals surface area contributed by atoms with E-state index in [0.717, 1.165) is 26.1 Å². The van der Waals surface area contributed by atoms with Crippen molar-refractivity contribution in [2.24, 2.45) is 0 Å². The minimum atomic E-state index is -0.574. The summed E-state index contributed by atoms with van der Waals surface area (Å²) < 4.78 is 5.31. The minimum absolute atomic E-state index is 0.206. The van der Waals surface area contributed by atoms with E-state index in [2.05, 4.69) is 47.1 Å². The summed E-state index contributed by atoms with van der Waals surface area (Å²) in [6, 6.07) is 16.2. The molecule has 0 bridgehead atoms. The molecule has 2 heterocycles. The van der Waals surface area contributed by atoms with Crippen molar-refractivity contribution in [3.05, 3.63) is 71.4 Å². The number of benzene rings is 2. The molecule has 0 spiro atoms. The summed E-state index contributed by atoms with van der Waals surface area (Å²) in [5.41, 5.74) is 7.95. The van der Waals surface area contributed by atoms with Crippen molar-refractivity contribution in [3.63, 3.8) is 0 Å². The second-order valence-corrected chi connectivity index (χ2v) is 7.35. The lowest BCUT2D eigenvalue weighted by Gasteiger charge is -2.26. The number of hydroxylamine groups is 1. The van der Waals surface area contributed by atoms with E-state index in [1.54, 1.807) is 5.48 Å². The van der Waals surface area contributed by atoms with Gasteiger partial charge in [-0.2, -0.15) is 0 Å². The van der Waals surface area contributed by atoms with Gasteiger partial charge in [0.25, 0.3) is 5.91 Å². The first-order valence-corrected chi connectivity index (χ1v) is 9.78.